The number of ether oxygens (including phenoxy) is 1. The Labute approximate surface area is 60.9 Å². The van der Waals surface area contributed by atoms with Crippen LogP contribution in [0.2, 0.25) is 0 Å². The van der Waals surface area contributed by atoms with Gasteiger partial charge >= 0.3 is 5.97 Å². The molecular weight excluding hydrogens is 130 g/mol. The fraction of sp³-hybridized carbons (Fsp3) is 0.571. The molecule has 0 aromatic carbocycles. The first-order valence-electron chi connectivity index (χ1n) is 3.25. The number of nitrogens with two attached hydrogens (primary N) is 1. The van der Waals surface area contributed by atoms with Gasteiger partial charge in [-0.05, 0) is 6.42 Å². The van der Waals surface area contributed by atoms with Crippen molar-refractivity contribution in [2.75, 3.05) is 7.11 Å². The van der Waals surface area contributed by atoms with Gasteiger partial charge in [0.1, 0.15) is 0 Å². The van der Waals surface area contributed by atoms with E-state index < -0.39 is 0 Å². The summed E-state index contributed by atoms with van der Waals surface area (Å²) >= 11 is 0. The summed E-state index contributed by atoms with van der Waals surface area (Å²) in [5.41, 5.74) is 5.72. The molecule has 0 heterocycles. The number of carbonyl (C=O) groups is 1. The maximum Gasteiger partial charge on any atom is 0.335 e. The quantitative estimate of drug-likeness (QED) is 0.469. The highest BCUT2D eigenvalue weighted by Crippen LogP contribution is 2.03. The molecule has 0 bridgehead atoms. The third-order valence-electron chi connectivity index (χ3n) is 1.17. The summed E-state index contributed by atoms with van der Waals surface area (Å²) in [6.45, 7) is 1.98. The van der Waals surface area contributed by atoms with Crippen LogP contribution in [-0.4, -0.2) is 13.1 Å². The number of hydrogen-bond acceptors (Lipinski definition) is 3. The minimum absolute atomic E-state index is 0.329. The first kappa shape index (κ1) is 9.01. The van der Waals surface area contributed by atoms with Crippen molar-refractivity contribution in [1.82, 2.24) is 0 Å². The lowest BCUT2D eigenvalue weighted by Crippen LogP contribution is -2.06. The van der Waals surface area contributed by atoms with Crippen LogP contribution in [0.1, 0.15) is 19.8 Å². The van der Waals surface area contributed by atoms with Crippen LogP contribution < -0.4 is 5.73 Å². The van der Waals surface area contributed by atoms with Gasteiger partial charge in [0.15, 0.2) is 0 Å². The topological polar surface area (TPSA) is 52.3 Å². The molecule has 0 amide bonds. The molecular formula is C7H13NO2. The zero-order chi connectivity index (χ0) is 7.98. The molecule has 0 radical (unpaired) electrons. The summed E-state index contributed by atoms with van der Waals surface area (Å²) in [5, 5.41) is 0. The first-order chi connectivity index (χ1) is 4.76. The van der Waals surface area contributed by atoms with Gasteiger partial charge in [0, 0.05) is 6.20 Å². The van der Waals surface area contributed by atoms with E-state index in [1.807, 2.05) is 6.92 Å². The highest BCUT2D eigenvalue weighted by Gasteiger charge is 2.05. The van der Waals surface area contributed by atoms with Crippen LogP contribution in [0.25, 0.3) is 0 Å². The molecule has 0 aliphatic rings. The molecule has 0 aromatic rings. The normalized spacial score (nSPS) is 11.2. The maximum atomic E-state index is 10.8. The molecule has 2 N–H and O–H groups in total. The van der Waals surface area contributed by atoms with Crippen LogP contribution in [0, 0.1) is 0 Å². The third-order valence-corrected chi connectivity index (χ3v) is 1.17. The summed E-state index contributed by atoms with van der Waals surface area (Å²) in [7, 11) is 1.35. The molecule has 3 heteroatoms. The Hall–Kier alpha value is -0.990. The predicted octanol–water partition coefficient (Wildman–Crippen LogP) is 0.802. The lowest BCUT2D eigenvalue weighted by molar-refractivity contribution is -0.136. The second kappa shape index (κ2) is 4.85. The smallest absolute Gasteiger partial charge is 0.335 e. The average molecular weight is 143 g/mol. The summed E-state index contributed by atoms with van der Waals surface area (Å²) in [6.07, 6.45) is 2.89. The van der Waals surface area contributed by atoms with Crippen molar-refractivity contribution < 1.29 is 9.53 Å². The highest BCUT2D eigenvalue weighted by atomic mass is 16.5. The fourth-order valence-corrected chi connectivity index (χ4v) is 0.654. The Morgan fingerprint density at radius 3 is 2.60 bits per heavy atom. The van der Waals surface area contributed by atoms with E-state index in [1.165, 1.54) is 13.3 Å². The Kier molecular flexibility index (Phi) is 4.37. The number of esters is 1. The lowest BCUT2D eigenvalue weighted by Gasteiger charge is -2.00. The molecule has 0 saturated carbocycles. The molecule has 10 heavy (non-hydrogen) atoms. The van der Waals surface area contributed by atoms with Gasteiger partial charge < -0.3 is 10.5 Å². The van der Waals surface area contributed by atoms with E-state index >= 15 is 0 Å². The summed E-state index contributed by atoms with van der Waals surface area (Å²) in [4.78, 5) is 10.8. The van der Waals surface area contributed by atoms with Gasteiger partial charge in [0.25, 0.3) is 0 Å². The van der Waals surface area contributed by atoms with Crippen molar-refractivity contribution in [2.24, 2.45) is 5.73 Å². The van der Waals surface area contributed by atoms with Crippen LogP contribution in [0.15, 0.2) is 11.8 Å². The third kappa shape index (κ3) is 2.53. The van der Waals surface area contributed by atoms with Gasteiger partial charge in [-0.1, -0.05) is 13.3 Å². The zero-order valence-electron chi connectivity index (χ0n) is 6.39. The van der Waals surface area contributed by atoms with E-state index in [4.69, 9.17) is 5.73 Å². The molecule has 0 aromatic heterocycles. The summed E-state index contributed by atoms with van der Waals surface area (Å²) < 4.78 is 4.47. The van der Waals surface area contributed by atoms with Crippen LogP contribution in [0.3, 0.4) is 0 Å². The molecule has 0 aliphatic carbocycles. The number of hydrogen-bond donors (Lipinski definition) is 1. The Bertz CT molecular complexity index is 141. The molecule has 0 atom stereocenters. The van der Waals surface area contributed by atoms with E-state index in [2.05, 4.69) is 4.74 Å². The molecule has 3 nitrogen and oxygen atoms in total. The zero-order valence-corrected chi connectivity index (χ0v) is 6.39. The molecule has 0 fully saturated rings. The molecule has 0 aliphatic heterocycles. The molecule has 0 unspecified atom stereocenters. The highest BCUT2D eigenvalue weighted by molar-refractivity contribution is 5.88. The van der Waals surface area contributed by atoms with Gasteiger partial charge in [-0.3, -0.25) is 0 Å². The molecule has 58 valence electrons. The Balaban J connectivity index is 3.95. The molecule has 0 rings (SSSR count). The van der Waals surface area contributed by atoms with Crippen molar-refractivity contribution in [1.29, 1.82) is 0 Å². The second-order valence-corrected chi connectivity index (χ2v) is 1.93. The van der Waals surface area contributed by atoms with Gasteiger partial charge in [-0.25, -0.2) is 4.79 Å². The molecule has 0 saturated heterocycles. The number of rotatable bonds is 3. The second-order valence-electron chi connectivity index (χ2n) is 1.93. The number of carbonyl (C=O) groups excluding carboxylic acids is 1. The van der Waals surface area contributed by atoms with E-state index in [0.29, 0.717) is 12.0 Å². The number of methoxy groups -OCH3 is 1. The lowest BCUT2D eigenvalue weighted by atomic mass is 10.2. The van der Waals surface area contributed by atoms with Crippen molar-refractivity contribution in [3.8, 4) is 0 Å². The van der Waals surface area contributed by atoms with Gasteiger partial charge in [0.2, 0.25) is 0 Å². The van der Waals surface area contributed by atoms with Crippen molar-refractivity contribution in [3.63, 3.8) is 0 Å². The first-order valence-corrected chi connectivity index (χ1v) is 3.25. The van der Waals surface area contributed by atoms with Crippen molar-refractivity contribution in [3.05, 3.63) is 11.8 Å². The fourth-order valence-electron chi connectivity index (χ4n) is 0.654. The van der Waals surface area contributed by atoms with E-state index in [0.717, 1.165) is 6.42 Å². The van der Waals surface area contributed by atoms with E-state index in [9.17, 15) is 4.79 Å². The largest absolute Gasteiger partial charge is 0.466 e. The van der Waals surface area contributed by atoms with Gasteiger partial charge in [0.05, 0.1) is 12.7 Å². The maximum absolute atomic E-state index is 10.8. The SMILES string of the molecule is CCCC(=CN)C(=O)OC. The predicted molar refractivity (Wildman–Crippen MR) is 39.2 cm³/mol. The van der Waals surface area contributed by atoms with Crippen LogP contribution in [0.5, 0.6) is 0 Å². The van der Waals surface area contributed by atoms with Crippen molar-refractivity contribution >= 4 is 5.97 Å². The minimum atomic E-state index is -0.329. The average Bonchev–Trinajstić information content (AvgIpc) is 1.99. The minimum Gasteiger partial charge on any atom is -0.466 e. The summed E-state index contributed by atoms with van der Waals surface area (Å²) in [6, 6.07) is 0. The van der Waals surface area contributed by atoms with Gasteiger partial charge in [-0.2, -0.15) is 0 Å². The van der Waals surface area contributed by atoms with Crippen LogP contribution >= 0.6 is 0 Å². The van der Waals surface area contributed by atoms with Gasteiger partial charge in [-0.15, -0.1) is 0 Å². The van der Waals surface area contributed by atoms with Crippen molar-refractivity contribution in [2.45, 2.75) is 19.8 Å². The van der Waals surface area contributed by atoms with Crippen LogP contribution in [0.4, 0.5) is 0 Å². The van der Waals surface area contributed by atoms with E-state index in [-0.39, 0.29) is 5.97 Å². The Morgan fingerprint density at radius 1 is 1.70 bits per heavy atom. The monoisotopic (exact) mass is 143 g/mol. The van der Waals surface area contributed by atoms with E-state index in [1.54, 1.807) is 0 Å². The van der Waals surface area contributed by atoms with Crippen LogP contribution in [-0.2, 0) is 9.53 Å². The Morgan fingerprint density at radius 2 is 2.30 bits per heavy atom. The summed E-state index contributed by atoms with van der Waals surface area (Å²) in [5.74, 6) is -0.329. The standard InChI is InChI=1S/C7H13NO2/c1-3-4-6(5-8)7(9)10-2/h5H,3-4,8H2,1-2H3. The molecule has 0 spiro atoms.